The molecule has 2 rings (SSSR count). The van der Waals surface area contributed by atoms with Gasteiger partial charge in [0.2, 0.25) is 0 Å². The van der Waals surface area contributed by atoms with E-state index in [0.29, 0.717) is 24.5 Å². The minimum Gasteiger partial charge on any atom is -0.328 e. The van der Waals surface area contributed by atoms with E-state index < -0.39 is 0 Å². The van der Waals surface area contributed by atoms with Gasteiger partial charge in [-0.25, -0.2) is 0 Å². The Bertz CT molecular complexity index is 371. The maximum Gasteiger partial charge on any atom is 0.135 e. The Kier molecular flexibility index (Phi) is 2.87. The Morgan fingerprint density at radius 1 is 1.53 bits per heavy atom. The number of nitrogens with two attached hydrogens (primary N) is 1. The molecular weight excluding hydrogens is 186 g/mol. The number of ketones is 1. The molecule has 2 heteroatoms. The fourth-order valence-corrected chi connectivity index (χ4v) is 2.26. The van der Waals surface area contributed by atoms with E-state index in [1.807, 2.05) is 13.0 Å². The number of fused-ring (bicyclic) bond motifs is 1. The molecule has 15 heavy (non-hydrogen) atoms. The molecular formula is C13H17NO. The standard InChI is InChI=1S/C13H17NO/c1-9(14)6-12(15)8-11-7-10-4-2-3-5-13(10)11/h2-5,9,11H,6-8,14H2,1H3. The van der Waals surface area contributed by atoms with Crippen LogP contribution < -0.4 is 5.73 Å². The van der Waals surface area contributed by atoms with Crippen LogP contribution in [-0.4, -0.2) is 11.8 Å². The Labute approximate surface area is 90.5 Å². The summed E-state index contributed by atoms with van der Waals surface area (Å²) in [6.07, 6.45) is 2.23. The van der Waals surface area contributed by atoms with Crippen LogP contribution in [0.25, 0.3) is 0 Å². The van der Waals surface area contributed by atoms with Crippen LogP contribution in [0.3, 0.4) is 0 Å². The summed E-state index contributed by atoms with van der Waals surface area (Å²) in [6.45, 7) is 1.88. The summed E-state index contributed by atoms with van der Waals surface area (Å²) in [7, 11) is 0. The summed E-state index contributed by atoms with van der Waals surface area (Å²) in [5.74, 6) is 0.747. The summed E-state index contributed by atoms with van der Waals surface area (Å²) in [5, 5.41) is 0. The Balaban J connectivity index is 1.92. The van der Waals surface area contributed by atoms with Crippen molar-refractivity contribution in [2.45, 2.75) is 38.1 Å². The predicted molar refractivity (Wildman–Crippen MR) is 60.8 cm³/mol. The maximum atomic E-state index is 11.6. The summed E-state index contributed by atoms with van der Waals surface area (Å²) >= 11 is 0. The Morgan fingerprint density at radius 3 is 2.93 bits per heavy atom. The second-order valence-corrected chi connectivity index (χ2v) is 4.52. The number of carbonyl (C=O) groups is 1. The molecule has 1 aliphatic carbocycles. The van der Waals surface area contributed by atoms with Crippen LogP contribution in [0.1, 0.15) is 36.8 Å². The van der Waals surface area contributed by atoms with Crippen LogP contribution in [0.4, 0.5) is 0 Å². The van der Waals surface area contributed by atoms with Gasteiger partial charge in [0, 0.05) is 18.9 Å². The lowest BCUT2D eigenvalue weighted by Crippen LogP contribution is -2.24. The van der Waals surface area contributed by atoms with Gasteiger partial charge >= 0.3 is 0 Å². The highest BCUT2D eigenvalue weighted by molar-refractivity contribution is 5.80. The average molecular weight is 203 g/mol. The lowest BCUT2D eigenvalue weighted by molar-refractivity contribution is -0.119. The first-order chi connectivity index (χ1) is 7.16. The quantitative estimate of drug-likeness (QED) is 0.813. The third kappa shape index (κ3) is 2.26. The van der Waals surface area contributed by atoms with Crippen molar-refractivity contribution in [1.29, 1.82) is 0 Å². The lowest BCUT2D eigenvalue weighted by Gasteiger charge is -2.29. The third-order valence-electron chi connectivity index (χ3n) is 2.98. The smallest absolute Gasteiger partial charge is 0.135 e. The summed E-state index contributed by atoms with van der Waals surface area (Å²) < 4.78 is 0. The molecule has 0 aromatic heterocycles. The zero-order valence-electron chi connectivity index (χ0n) is 9.07. The van der Waals surface area contributed by atoms with Gasteiger partial charge in [0.15, 0.2) is 0 Å². The molecule has 0 saturated carbocycles. The van der Waals surface area contributed by atoms with Crippen molar-refractivity contribution < 1.29 is 4.79 Å². The van der Waals surface area contributed by atoms with Gasteiger partial charge in [0.25, 0.3) is 0 Å². The summed E-state index contributed by atoms with van der Waals surface area (Å²) in [4.78, 5) is 11.6. The van der Waals surface area contributed by atoms with E-state index >= 15 is 0 Å². The molecule has 2 N–H and O–H groups in total. The van der Waals surface area contributed by atoms with Crippen LogP contribution in [0.2, 0.25) is 0 Å². The third-order valence-corrected chi connectivity index (χ3v) is 2.98. The van der Waals surface area contributed by atoms with E-state index in [1.165, 1.54) is 11.1 Å². The van der Waals surface area contributed by atoms with Crippen molar-refractivity contribution in [2.75, 3.05) is 0 Å². The predicted octanol–water partition coefficient (Wildman–Crippen LogP) is 2.02. The highest BCUT2D eigenvalue weighted by Gasteiger charge is 2.27. The van der Waals surface area contributed by atoms with E-state index in [0.717, 1.165) is 6.42 Å². The average Bonchev–Trinajstić information content (AvgIpc) is 2.13. The van der Waals surface area contributed by atoms with E-state index in [-0.39, 0.29) is 6.04 Å². The van der Waals surface area contributed by atoms with Gasteiger partial charge in [0.1, 0.15) is 5.78 Å². The van der Waals surface area contributed by atoms with E-state index in [2.05, 4.69) is 18.2 Å². The first kappa shape index (κ1) is 10.4. The number of rotatable bonds is 4. The van der Waals surface area contributed by atoms with Crippen LogP contribution in [0, 0.1) is 0 Å². The van der Waals surface area contributed by atoms with Gasteiger partial charge in [0.05, 0.1) is 0 Å². The number of benzene rings is 1. The number of hydrogen-bond acceptors (Lipinski definition) is 2. The minimum atomic E-state index is -0.00665. The van der Waals surface area contributed by atoms with Crippen molar-refractivity contribution in [3.63, 3.8) is 0 Å². The van der Waals surface area contributed by atoms with Gasteiger partial charge in [-0.3, -0.25) is 4.79 Å². The van der Waals surface area contributed by atoms with E-state index in [1.54, 1.807) is 0 Å². The highest BCUT2D eigenvalue weighted by Crippen LogP contribution is 2.37. The van der Waals surface area contributed by atoms with Crippen LogP contribution >= 0.6 is 0 Å². The SMILES string of the molecule is CC(N)CC(=O)CC1Cc2ccccc21. The van der Waals surface area contributed by atoms with Crippen molar-refractivity contribution in [2.24, 2.45) is 5.73 Å². The second kappa shape index (κ2) is 4.15. The van der Waals surface area contributed by atoms with Gasteiger partial charge in [-0.05, 0) is 30.4 Å². The number of hydrogen-bond donors (Lipinski definition) is 1. The zero-order valence-corrected chi connectivity index (χ0v) is 9.07. The van der Waals surface area contributed by atoms with Crippen molar-refractivity contribution in [1.82, 2.24) is 0 Å². The number of carbonyl (C=O) groups excluding carboxylic acids is 1. The molecule has 0 amide bonds. The van der Waals surface area contributed by atoms with Crippen molar-refractivity contribution >= 4 is 5.78 Å². The molecule has 2 unspecified atom stereocenters. The molecule has 0 spiro atoms. The molecule has 0 radical (unpaired) electrons. The molecule has 1 aliphatic rings. The Hall–Kier alpha value is -1.15. The molecule has 1 aromatic carbocycles. The first-order valence-electron chi connectivity index (χ1n) is 5.52. The molecule has 0 bridgehead atoms. The lowest BCUT2D eigenvalue weighted by atomic mass is 9.75. The molecule has 0 fully saturated rings. The number of Topliss-reactive ketones (excluding diaryl/α,β-unsaturated/α-hetero) is 1. The molecule has 1 aromatic rings. The van der Waals surface area contributed by atoms with Crippen LogP contribution in [-0.2, 0) is 11.2 Å². The molecule has 2 nitrogen and oxygen atoms in total. The Morgan fingerprint density at radius 2 is 2.27 bits per heavy atom. The molecule has 0 aliphatic heterocycles. The summed E-state index contributed by atoms with van der Waals surface area (Å²) in [5.41, 5.74) is 8.36. The molecule has 2 atom stereocenters. The molecule has 0 saturated heterocycles. The normalized spacial score (nSPS) is 20.3. The van der Waals surface area contributed by atoms with Crippen LogP contribution in [0.15, 0.2) is 24.3 Å². The molecule has 0 heterocycles. The van der Waals surface area contributed by atoms with Crippen LogP contribution in [0.5, 0.6) is 0 Å². The van der Waals surface area contributed by atoms with E-state index in [9.17, 15) is 4.79 Å². The van der Waals surface area contributed by atoms with Gasteiger partial charge in [-0.1, -0.05) is 24.3 Å². The first-order valence-corrected chi connectivity index (χ1v) is 5.52. The second-order valence-electron chi connectivity index (χ2n) is 4.52. The topological polar surface area (TPSA) is 43.1 Å². The van der Waals surface area contributed by atoms with E-state index in [4.69, 9.17) is 5.73 Å². The summed E-state index contributed by atoms with van der Waals surface area (Å²) in [6, 6.07) is 8.36. The highest BCUT2D eigenvalue weighted by atomic mass is 16.1. The fourth-order valence-electron chi connectivity index (χ4n) is 2.26. The van der Waals surface area contributed by atoms with Gasteiger partial charge < -0.3 is 5.73 Å². The largest absolute Gasteiger partial charge is 0.328 e. The van der Waals surface area contributed by atoms with Gasteiger partial charge in [-0.15, -0.1) is 0 Å². The minimum absolute atomic E-state index is 0.00665. The van der Waals surface area contributed by atoms with Crippen molar-refractivity contribution in [3.8, 4) is 0 Å². The van der Waals surface area contributed by atoms with Gasteiger partial charge in [-0.2, -0.15) is 0 Å². The zero-order chi connectivity index (χ0) is 10.8. The maximum absolute atomic E-state index is 11.6. The molecule has 80 valence electrons. The fraction of sp³-hybridized carbons (Fsp3) is 0.462. The monoisotopic (exact) mass is 203 g/mol. The van der Waals surface area contributed by atoms with Crippen molar-refractivity contribution in [3.05, 3.63) is 35.4 Å².